The van der Waals surface area contributed by atoms with Crippen LogP contribution < -0.4 is 11.5 Å². The van der Waals surface area contributed by atoms with E-state index in [4.69, 9.17) is 23.1 Å². The number of nitrogens with two attached hydrogens (primary N) is 2. The van der Waals surface area contributed by atoms with E-state index in [0.29, 0.717) is 17.3 Å². The van der Waals surface area contributed by atoms with Gasteiger partial charge in [-0.3, -0.25) is 4.98 Å². The molecule has 4 N–H and O–H groups in total. The molecule has 0 saturated heterocycles. The maximum Gasteiger partial charge on any atom is 0.0931 e. The monoisotopic (exact) mass is 233 g/mol. The molecule has 1 aromatic heterocycles. The summed E-state index contributed by atoms with van der Waals surface area (Å²) < 4.78 is 0. The number of aromatic nitrogens is 1. The second-order valence-electron chi connectivity index (χ2n) is 3.50. The zero-order valence-corrected chi connectivity index (χ0v) is 9.41. The van der Waals surface area contributed by atoms with E-state index < -0.39 is 0 Å². The zero-order valence-electron chi connectivity index (χ0n) is 8.65. The molecule has 82 valence electrons. The van der Waals surface area contributed by atoms with Crippen molar-refractivity contribution in [3.05, 3.63) is 47.1 Å². The predicted octanol–water partition coefficient (Wildman–Crippen LogP) is 2.44. The third kappa shape index (κ3) is 2.15. The quantitative estimate of drug-likeness (QED) is 0.838. The van der Waals surface area contributed by atoms with Gasteiger partial charge in [0, 0.05) is 23.3 Å². The predicted molar refractivity (Wildman–Crippen MR) is 67.0 cm³/mol. The number of anilines is 1. The lowest BCUT2D eigenvalue weighted by Crippen LogP contribution is -2.00. The van der Waals surface area contributed by atoms with Crippen molar-refractivity contribution in [2.24, 2.45) is 5.73 Å². The lowest BCUT2D eigenvalue weighted by Gasteiger charge is -2.06. The first-order chi connectivity index (χ1) is 7.70. The van der Waals surface area contributed by atoms with Gasteiger partial charge in [-0.15, -0.1) is 0 Å². The van der Waals surface area contributed by atoms with Gasteiger partial charge in [0.1, 0.15) is 0 Å². The number of nitrogen functional groups attached to an aromatic ring is 1. The lowest BCUT2D eigenvalue weighted by atomic mass is 10.1. The van der Waals surface area contributed by atoms with Crippen molar-refractivity contribution >= 4 is 17.3 Å². The Balaban J connectivity index is 2.48. The Hall–Kier alpha value is -1.58. The second-order valence-corrected chi connectivity index (χ2v) is 3.93. The first-order valence-corrected chi connectivity index (χ1v) is 5.29. The zero-order chi connectivity index (χ0) is 11.5. The van der Waals surface area contributed by atoms with Crippen molar-refractivity contribution in [1.29, 1.82) is 0 Å². The Labute approximate surface area is 99.1 Å². The van der Waals surface area contributed by atoms with Gasteiger partial charge in [0.15, 0.2) is 0 Å². The van der Waals surface area contributed by atoms with Crippen LogP contribution in [0, 0.1) is 0 Å². The Kier molecular flexibility index (Phi) is 3.08. The first-order valence-electron chi connectivity index (χ1n) is 4.91. The van der Waals surface area contributed by atoms with Gasteiger partial charge in [-0.2, -0.15) is 0 Å². The molecule has 0 saturated carbocycles. The van der Waals surface area contributed by atoms with E-state index in [-0.39, 0.29) is 0 Å². The minimum Gasteiger partial charge on any atom is -0.397 e. The molecule has 0 amide bonds. The molecule has 2 rings (SSSR count). The molecule has 1 heterocycles. The average Bonchev–Trinajstić information content (AvgIpc) is 2.28. The van der Waals surface area contributed by atoms with Gasteiger partial charge in [0.2, 0.25) is 0 Å². The topological polar surface area (TPSA) is 64.9 Å². The van der Waals surface area contributed by atoms with Crippen LogP contribution in [0.4, 0.5) is 5.69 Å². The van der Waals surface area contributed by atoms with E-state index in [2.05, 4.69) is 4.98 Å². The van der Waals surface area contributed by atoms with Crippen LogP contribution in [0.15, 0.2) is 36.5 Å². The van der Waals surface area contributed by atoms with Crippen molar-refractivity contribution < 1.29 is 0 Å². The maximum absolute atomic E-state index is 5.92. The summed E-state index contributed by atoms with van der Waals surface area (Å²) in [7, 11) is 0. The summed E-state index contributed by atoms with van der Waals surface area (Å²) >= 11 is 5.92. The molecule has 0 spiro atoms. The Morgan fingerprint density at radius 2 is 2.06 bits per heavy atom. The second kappa shape index (κ2) is 4.51. The highest BCUT2D eigenvalue weighted by Crippen LogP contribution is 2.26. The van der Waals surface area contributed by atoms with Crippen LogP contribution in [0.3, 0.4) is 0 Å². The summed E-state index contributed by atoms with van der Waals surface area (Å²) in [6.45, 7) is 0.438. The third-order valence-corrected chi connectivity index (χ3v) is 2.54. The van der Waals surface area contributed by atoms with Crippen LogP contribution in [0.5, 0.6) is 0 Å². The molecule has 0 aliphatic heterocycles. The average molecular weight is 234 g/mol. The lowest BCUT2D eigenvalue weighted by molar-refractivity contribution is 1.05. The minimum atomic E-state index is 0.438. The Morgan fingerprint density at radius 1 is 1.25 bits per heavy atom. The van der Waals surface area contributed by atoms with E-state index in [9.17, 15) is 0 Å². The van der Waals surface area contributed by atoms with Gasteiger partial charge in [-0.25, -0.2) is 0 Å². The molecule has 16 heavy (non-hydrogen) atoms. The van der Waals surface area contributed by atoms with Gasteiger partial charge in [-0.05, 0) is 23.8 Å². The number of pyridine rings is 1. The molecule has 0 bridgehead atoms. The standard InChI is InChI=1S/C12H12ClN3/c13-10-3-1-2-9(5-10)12-11(15)4-8(6-14)7-16-12/h1-5,7H,6,14-15H2. The third-order valence-electron chi connectivity index (χ3n) is 2.31. The number of halogens is 1. The minimum absolute atomic E-state index is 0.438. The molecule has 0 aliphatic rings. The van der Waals surface area contributed by atoms with Gasteiger partial charge in [-0.1, -0.05) is 23.7 Å². The summed E-state index contributed by atoms with van der Waals surface area (Å²) in [5, 5.41) is 0.668. The van der Waals surface area contributed by atoms with Crippen LogP contribution in [-0.2, 0) is 6.54 Å². The SMILES string of the molecule is NCc1cnc(-c2cccc(Cl)c2)c(N)c1. The van der Waals surface area contributed by atoms with E-state index in [0.717, 1.165) is 16.8 Å². The number of rotatable bonds is 2. The van der Waals surface area contributed by atoms with Crippen LogP contribution in [0.2, 0.25) is 5.02 Å². The largest absolute Gasteiger partial charge is 0.397 e. The van der Waals surface area contributed by atoms with Crippen molar-refractivity contribution in [2.75, 3.05) is 5.73 Å². The summed E-state index contributed by atoms with van der Waals surface area (Å²) in [5.41, 5.74) is 14.6. The highest BCUT2D eigenvalue weighted by atomic mass is 35.5. The normalized spacial score (nSPS) is 10.4. The molecule has 3 nitrogen and oxygen atoms in total. The molecule has 0 aliphatic carbocycles. The highest BCUT2D eigenvalue weighted by Gasteiger charge is 2.05. The molecule has 0 fully saturated rings. The Morgan fingerprint density at radius 3 is 2.69 bits per heavy atom. The Bertz CT molecular complexity index is 511. The molecule has 0 atom stereocenters. The molecule has 0 unspecified atom stereocenters. The van der Waals surface area contributed by atoms with Crippen LogP contribution in [0.25, 0.3) is 11.3 Å². The fourth-order valence-corrected chi connectivity index (χ4v) is 1.71. The summed E-state index contributed by atoms with van der Waals surface area (Å²) in [4.78, 5) is 4.30. The molecule has 2 aromatic rings. The van der Waals surface area contributed by atoms with Gasteiger partial charge in [0.25, 0.3) is 0 Å². The summed E-state index contributed by atoms with van der Waals surface area (Å²) in [5.74, 6) is 0. The highest BCUT2D eigenvalue weighted by molar-refractivity contribution is 6.30. The van der Waals surface area contributed by atoms with Crippen molar-refractivity contribution in [1.82, 2.24) is 4.98 Å². The molecular weight excluding hydrogens is 222 g/mol. The van der Waals surface area contributed by atoms with E-state index in [1.165, 1.54) is 0 Å². The van der Waals surface area contributed by atoms with E-state index in [1.54, 1.807) is 6.20 Å². The first kappa shape index (κ1) is 10.9. The van der Waals surface area contributed by atoms with E-state index >= 15 is 0 Å². The number of benzene rings is 1. The van der Waals surface area contributed by atoms with Crippen molar-refractivity contribution in [3.63, 3.8) is 0 Å². The smallest absolute Gasteiger partial charge is 0.0931 e. The van der Waals surface area contributed by atoms with Crippen molar-refractivity contribution in [2.45, 2.75) is 6.54 Å². The van der Waals surface area contributed by atoms with Crippen LogP contribution in [-0.4, -0.2) is 4.98 Å². The van der Waals surface area contributed by atoms with Gasteiger partial charge < -0.3 is 11.5 Å². The molecule has 0 radical (unpaired) electrons. The fourth-order valence-electron chi connectivity index (χ4n) is 1.52. The van der Waals surface area contributed by atoms with Crippen LogP contribution in [0.1, 0.15) is 5.56 Å². The maximum atomic E-state index is 5.92. The van der Waals surface area contributed by atoms with Gasteiger partial charge in [0.05, 0.1) is 11.4 Å². The summed E-state index contributed by atoms with van der Waals surface area (Å²) in [6, 6.07) is 9.28. The molecule has 1 aromatic carbocycles. The van der Waals surface area contributed by atoms with Crippen molar-refractivity contribution in [3.8, 4) is 11.3 Å². The van der Waals surface area contributed by atoms with E-state index in [1.807, 2.05) is 30.3 Å². The van der Waals surface area contributed by atoms with Crippen LogP contribution >= 0.6 is 11.6 Å². The summed E-state index contributed by atoms with van der Waals surface area (Å²) in [6.07, 6.45) is 1.73. The number of hydrogen-bond acceptors (Lipinski definition) is 3. The molecule has 4 heteroatoms. The van der Waals surface area contributed by atoms with Gasteiger partial charge >= 0.3 is 0 Å². The number of hydrogen-bond donors (Lipinski definition) is 2. The fraction of sp³-hybridized carbons (Fsp3) is 0.0833. The number of nitrogens with zero attached hydrogens (tertiary/aromatic N) is 1. The molecular formula is C12H12ClN3.